The Bertz CT molecular complexity index is 1430. The van der Waals surface area contributed by atoms with Crippen LogP contribution in [0.15, 0.2) is 66.0 Å². The molecule has 2 heterocycles. The van der Waals surface area contributed by atoms with E-state index in [1.807, 2.05) is 35.7 Å². The average molecular weight is 475 g/mol. The minimum atomic E-state index is -0.414. The second kappa shape index (κ2) is 10.1. The number of esters is 1. The van der Waals surface area contributed by atoms with Gasteiger partial charge in [0.1, 0.15) is 6.54 Å². The first-order valence-electron chi connectivity index (χ1n) is 9.83. The molecule has 0 radical (unpaired) electrons. The van der Waals surface area contributed by atoms with Crippen molar-refractivity contribution in [2.45, 2.75) is 6.54 Å². The number of benzene rings is 2. The predicted octanol–water partition coefficient (Wildman–Crippen LogP) is 4.49. The number of aromatic amines is 1. The number of hydrogen-bond acceptors (Lipinski definition) is 6. The van der Waals surface area contributed by atoms with Crippen molar-refractivity contribution < 1.29 is 14.3 Å². The summed E-state index contributed by atoms with van der Waals surface area (Å²) in [5.41, 5.74) is 2.45. The predicted molar refractivity (Wildman–Crippen MR) is 130 cm³/mol. The van der Waals surface area contributed by atoms with E-state index in [2.05, 4.69) is 27.4 Å². The zero-order chi connectivity index (χ0) is 23.2. The van der Waals surface area contributed by atoms with E-state index >= 15 is 0 Å². The van der Waals surface area contributed by atoms with Crippen molar-refractivity contribution in [2.24, 2.45) is 0 Å². The average Bonchev–Trinajstić information content (AvgIpc) is 3.48. The first-order chi connectivity index (χ1) is 16.0. The topological polar surface area (TPSA) is 89.0 Å². The lowest BCUT2D eigenvalue weighted by Gasteiger charge is -2.08. The SMILES string of the molecule is COC(=O)c1cccc(C#Cc2cccc(NC(=O)Cn3c(-c4cccs4)n[nH]c3=S)c2)c1. The molecule has 4 aromatic rings. The van der Waals surface area contributed by atoms with E-state index < -0.39 is 5.97 Å². The third-order valence-electron chi connectivity index (χ3n) is 4.58. The summed E-state index contributed by atoms with van der Waals surface area (Å²) in [4.78, 5) is 25.3. The number of anilines is 1. The second-order valence-corrected chi connectivity index (χ2v) is 8.20. The molecular weight excluding hydrogens is 456 g/mol. The Morgan fingerprint density at radius 1 is 1.12 bits per heavy atom. The molecule has 2 N–H and O–H groups in total. The van der Waals surface area contributed by atoms with Crippen molar-refractivity contribution in [1.82, 2.24) is 14.8 Å². The number of methoxy groups -OCH3 is 1. The molecule has 7 nitrogen and oxygen atoms in total. The molecule has 2 aromatic carbocycles. The van der Waals surface area contributed by atoms with Crippen LogP contribution in [0, 0.1) is 16.6 Å². The Morgan fingerprint density at radius 2 is 1.88 bits per heavy atom. The van der Waals surface area contributed by atoms with Gasteiger partial charge in [0.15, 0.2) is 10.6 Å². The van der Waals surface area contributed by atoms with E-state index in [9.17, 15) is 9.59 Å². The largest absolute Gasteiger partial charge is 0.465 e. The Kier molecular flexibility index (Phi) is 6.78. The molecule has 9 heteroatoms. The summed E-state index contributed by atoms with van der Waals surface area (Å²) in [6.07, 6.45) is 0. The number of ether oxygens (including phenoxy) is 1. The number of aromatic nitrogens is 3. The Labute approximate surface area is 199 Å². The molecule has 0 saturated heterocycles. The molecule has 0 atom stereocenters. The molecule has 0 spiro atoms. The van der Waals surface area contributed by atoms with Gasteiger partial charge in [-0.15, -0.1) is 11.3 Å². The van der Waals surface area contributed by atoms with Crippen LogP contribution in [0.1, 0.15) is 21.5 Å². The fourth-order valence-corrected chi connectivity index (χ4v) is 3.98. The van der Waals surface area contributed by atoms with Gasteiger partial charge in [0.2, 0.25) is 5.91 Å². The first-order valence-corrected chi connectivity index (χ1v) is 11.1. The number of nitrogens with one attached hydrogen (secondary N) is 2. The van der Waals surface area contributed by atoms with Gasteiger partial charge in [-0.2, -0.15) is 5.10 Å². The van der Waals surface area contributed by atoms with E-state index in [1.54, 1.807) is 34.9 Å². The fourth-order valence-electron chi connectivity index (χ4n) is 3.06. The van der Waals surface area contributed by atoms with Gasteiger partial charge in [-0.1, -0.05) is 30.0 Å². The van der Waals surface area contributed by atoms with Crippen molar-refractivity contribution in [3.05, 3.63) is 87.5 Å². The molecule has 4 rings (SSSR count). The second-order valence-electron chi connectivity index (χ2n) is 6.87. The fraction of sp³-hybridized carbons (Fsp3) is 0.0833. The van der Waals surface area contributed by atoms with Gasteiger partial charge in [-0.25, -0.2) is 4.79 Å². The zero-order valence-corrected chi connectivity index (χ0v) is 19.1. The molecule has 164 valence electrons. The first kappa shape index (κ1) is 22.2. The summed E-state index contributed by atoms with van der Waals surface area (Å²) in [6, 6.07) is 18.0. The molecule has 33 heavy (non-hydrogen) atoms. The maximum Gasteiger partial charge on any atom is 0.337 e. The van der Waals surface area contributed by atoms with Crippen LogP contribution in [0.25, 0.3) is 10.7 Å². The standard InChI is InChI=1S/C24H18N4O3S2/c1-31-23(30)18-7-2-5-16(13-18)10-11-17-6-3-8-19(14-17)25-21(29)15-28-22(26-27-24(28)32)20-9-4-12-33-20/h2-9,12-14H,15H2,1H3,(H,25,29)(H,27,32). The number of carbonyl (C=O) groups is 2. The Morgan fingerprint density at radius 3 is 2.61 bits per heavy atom. The van der Waals surface area contributed by atoms with Crippen molar-refractivity contribution in [2.75, 3.05) is 12.4 Å². The number of hydrogen-bond donors (Lipinski definition) is 2. The third kappa shape index (κ3) is 5.44. The molecule has 0 aliphatic carbocycles. The number of thiophene rings is 1. The van der Waals surface area contributed by atoms with Gasteiger partial charge in [0.25, 0.3) is 0 Å². The molecular formula is C24H18N4O3S2. The van der Waals surface area contributed by atoms with Crippen LogP contribution in [0.4, 0.5) is 5.69 Å². The van der Waals surface area contributed by atoms with Crippen molar-refractivity contribution in [1.29, 1.82) is 0 Å². The smallest absolute Gasteiger partial charge is 0.337 e. The van der Waals surface area contributed by atoms with Crippen LogP contribution in [0.5, 0.6) is 0 Å². The van der Waals surface area contributed by atoms with Gasteiger partial charge in [-0.3, -0.25) is 14.5 Å². The molecule has 0 aliphatic heterocycles. The molecule has 0 fully saturated rings. The molecule has 0 unspecified atom stereocenters. The maximum absolute atomic E-state index is 12.7. The number of carbonyl (C=O) groups excluding carboxylic acids is 2. The minimum absolute atomic E-state index is 0.0266. The minimum Gasteiger partial charge on any atom is -0.465 e. The highest BCUT2D eigenvalue weighted by atomic mass is 32.1. The van der Waals surface area contributed by atoms with Crippen LogP contribution in [0.2, 0.25) is 0 Å². The lowest BCUT2D eigenvalue weighted by Crippen LogP contribution is -2.19. The van der Waals surface area contributed by atoms with Crippen LogP contribution in [0.3, 0.4) is 0 Å². The Hall–Kier alpha value is -4.00. The van der Waals surface area contributed by atoms with Crippen molar-refractivity contribution in [3.8, 4) is 22.5 Å². The van der Waals surface area contributed by atoms with Gasteiger partial charge in [0.05, 0.1) is 17.6 Å². The lowest BCUT2D eigenvalue weighted by atomic mass is 10.1. The van der Waals surface area contributed by atoms with Crippen molar-refractivity contribution >= 4 is 41.1 Å². The highest BCUT2D eigenvalue weighted by Crippen LogP contribution is 2.22. The summed E-state index contributed by atoms with van der Waals surface area (Å²) < 4.78 is 6.78. The van der Waals surface area contributed by atoms with Crippen LogP contribution < -0.4 is 5.32 Å². The Balaban J connectivity index is 1.47. The van der Waals surface area contributed by atoms with Gasteiger partial charge in [0, 0.05) is 16.8 Å². The van der Waals surface area contributed by atoms with Gasteiger partial charge >= 0.3 is 5.97 Å². The lowest BCUT2D eigenvalue weighted by molar-refractivity contribution is -0.116. The van der Waals surface area contributed by atoms with E-state index in [0.717, 1.165) is 10.4 Å². The molecule has 1 amide bonds. The van der Waals surface area contributed by atoms with Crippen LogP contribution >= 0.6 is 23.6 Å². The van der Waals surface area contributed by atoms with E-state index in [-0.39, 0.29) is 12.5 Å². The quantitative estimate of drug-likeness (QED) is 0.253. The highest BCUT2D eigenvalue weighted by Gasteiger charge is 2.13. The van der Waals surface area contributed by atoms with Gasteiger partial charge < -0.3 is 10.1 Å². The zero-order valence-electron chi connectivity index (χ0n) is 17.5. The molecule has 0 aliphatic rings. The number of rotatable bonds is 5. The van der Waals surface area contributed by atoms with E-state index in [1.165, 1.54) is 18.4 Å². The van der Waals surface area contributed by atoms with Crippen molar-refractivity contribution in [3.63, 3.8) is 0 Å². The summed E-state index contributed by atoms with van der Waals surface area (Å²) in [6.45, 7) is 0.0266. The van der Waals surface area contributed by atoms with E-state index in [0.29, 0.717) is 27.4 Å². The third-order valence-corrected chi connectivity index (χ3v) is 5.76. The number of H-pyrrole nitrogens is 1. The summed E-state index contributed by atoms with van der Waals surface area (Å²) in [5, 5.41) is 11.8. The maximum atomic E-state index is 12.7. The number of nitrogens with zero attached hydrogens (tertiary/aromatic N) is 2. The number of amides is 1. The molecule has 0 bridgehead atoms. The van der Waals surface area contributed by atoms with E-state index in [4.69, 9.17) is 17.0 Å². The summed E-state index contributed by atoms with van der Waals surface area (Å²) >= 11 is 6.81. The van der Waals surface area contributed by atoms with Crippen LogP contribution in [-0.4, -0.2) is 33.8 Å². The highest BCUT2D eigenvalue weighted by molar-refractivity contribution is 7.71. The summed E-state index contributed by atoms with van der Waals surface area (Å²) in [5.74, 6) is 6.06. The summed E-state index contributed by atoms with van der Waals surface area (Å²) in [7, 11) is 1.34. The van der Waals surface area contributed by atoms with Crippen LogP contribution in [-0.2, 0) is 16.1 Å². The monoisotopic (exact) mass is 474 g/mol. The molecule has 2 aromatic heterocycles. The normalized spacial score (nSPS) is 10.2. The van der Waals surface area contributed by atoms with Gasteiger partial charge in [-0.05, 0) is 60.1 Å². The molecule has 0 saturated carbocycles.